The Bertz CT molecular complexity index is 611. The number of thiazole rings is 1. The standard InChI is InChI=1S/C16H18N2O2S/c1-11-6-8-12(9-7-11)20-10-15(19)18-16-17-13-4-2-3-5-14(13)21-16/h6-9H,2-5,10H2,1H3,(H,17,18,19). The van der Waals surface area contributed by atoms with Gasteiger partial charge in [-0.2, -0.15) is 0 Å². The Morgan fingerprint density at radius 2 is 2.05 bits per heavy atom. The molecule has 1 aliphatic carbocycles. The third-order valence-corrected chi connectivity index (χ3v) is 4.56. The molecule has 0 bridgehead atoms. The van der Waals surface area contributed by atoms with Gasteiger partial charge in [0.1, 0.15) is 5.75 Å². The van der Waals surface area contributed by atoms with Crippen molar-refractivity contribution in [3.63, 3.8) is 0 Å². The molecule has 1 aromatic carbocycles. The number of carbonyl (C=O) groups is 1. The summed E-state index contributed by atoms with van der Waals surface area (Å²) in [5.41, 5.74) is 2.32. The number of hydrogen-bond donors (Lipinski definition) is 1. The molecule has 5 heteroatoms. The molecule has 0 atom stereocenters. The zero-order valence-corrected chi connectivity index (χ0v) is 12.8. The van der Waals surface area contributed by atoms with E-state index >= 15 is 0 Å². The zero-order chi connectivity index (χ0) is 14.7. The molecule has 0 saturated heterocycles. The average molecular weight is 302 g/mol. The van der Waals surface area contributed by atoms with Crippen LogP contribution in [0.5, 0.6) is 5.75 Å². The number of ether oxygens (including phenoxy) is 1. The van der Waals surface area contributed by atoms with E-state index in [-0.39, 0.29) is 12.5 Å². The van der Waals surface area contributed by atoms with Crippen molar-refractivity contribution in [3.8, 4) is 5.75 Å². The van der Waals surface area contributed by atoms with E-state index in [0.29, 0.717) is 10.9 Å². The van der Waals surface area contributed by atoms with Crippen LogP contribution in [-0.4, -0.2) is 17.5 Å². The van der Waals surface area contributed by atoms with Gasteiger partial charge >= 0.3 is 0 Å². The van der Waals surface area contributed by atoms with Crippen LogP contribution in [0.15, 0.2) is 24.3 Å². The molecule has 4 nitrogen and oxygen atoms in total. The van der Waals surface area contributed by atoms with Gasteiger partial charge in [0, 0.05) is 4.88 Å². The number of fused-ring (bicyclic) bond motifs is 1. The van der Waals surface area contributed by atoms with Crippen molar-refractivity contribution in [2.24, 2.45) is 0 Å². The largest absolute Gasteiger partial charge is 0.484 e. The van der Waals surface area contributed by atoms with Crippen LogP contribution in [0.3, 0.4) is 0 Å². The van der Waals surface area contributed by atoms with Crippen LogP contribution in [0.2, 0.25) is 0 Å². The maximum atomic E-state index is 11.9. The Morgan fingerprint density at radius 1 is 1.29 bits per heavy atom. The number of aromatic nitrogens is 1. The fourth-order valence-electron chi connectivity index (χ4n) is 2.34. The average Bonchev–Trinajstić information content (AvgIpc) is 2.88. The Morgan fingerprint density at radius 3 is 2.81 bits per heavy atom. The van der Waals surface area contributed by atoms with E-state index in [9.17, 15) is 4.79 Å². The van der Waals surface area contributed by atoms with E-state index in [1.807, 2.05) is 31.2 Å². The summed E-state index contributed by atoms with van der Waals surface area (Å²) in [6, 6.07) is 7.65. The second kappa shape index (κ2) is 6.26. The van der Waals surface area contributed by atoms with Crippen LogP contribution in [0.4, 0.5) is 5.13 Å². The lowest BCUT2D eigenvalue weighted by atomic mass is 10.0. The van der Waals surface area contributed by atoms with E-state index in [1.54, 1.807) is 11.3 Å². The number of nitrogens with zero attached hydrogens (tertiary/aromatic N) is 1. The molecule has 1 aliphatic rings. The fraction of sp³-hybridized carbons (Fsp3) is 0.375. The molecule has 0 unspecified atom stereocenters. The van der Waals surface area contributed by atoms with E-state index < -0.39 is 0 Å². The molecular formula is C16H18N2O2S. The zero-order valence-electron chi connectivity index (χ0n) is 12.0. The smallest absolute Gasteiger partial charge is 0.264 e. The van der Waals surface area contributed by atoms with Gasteiger partial charge in [-0.1, -0.05) is 17.7 Å². The summed E-state index contributed by atoms with van der Waals surface area (Å²) < 4.78 is 5.46. The molecule has 1 aromatic heterocycles. The monoisotopic (exact) mass is 302 g/mol. The number of hydrogen-bond acceptors (Lipinski definition) is 4. The van der Waals surface area contributed by atoms with Gasteiger partial charge in [0.2, 0.25) is 0 Å². The van der Waals surface area contributed by atoms with Gasteiger partial charge in [-0.3, -0.25) is 10.1 Å². The lowest BCUT2D eigenvalue weighted by Crippen LogP contribution is -2.20. The van der Waals surface area contributed by atoms with Crippen LogP contribution in [0, 0.1) is 6.92 Å². The highest BCUT2D eigenvalue weighted by Crippen LogP contribution is 2.29. The van der Waals surface area contributed by atoms with E-state index in [1.165, 1.54) is 23.3 Å². The highest BCUT2D eigenvalue weighted by atomic mass is 32.1. The highest BCUT2D eigenvalue weighted by molar-refractivity contribution is 7.15. The molecule has 0 spiro atoms. The highest BCUT2D eigenvalue weighted by Gasteiger charge is 2.16. The molecule has 0 radical (unpaired) electrons. The number of carbonyl (C=O) groups excluding carboxylic acids is 1. The third-order valence-electron chi connectivity index (χ3n) is 3.48. The second-order valence-corrected chi connectivity index (χ2v) is 6.33. The Hall–Kier alpha value is -1.88. The van der Waals surface area contributed by atoms with Crippen LogP contribution < -0.4 is 10.1 Å². The summed E-state index contributed by atoms with van der Waals surface area (Å²) in [5.74, 6) is 0.538. The molecule has 0 saturated carbocycles. The van der Waals surface area contributed by atoms with Crippen LogP contribution in [0.25, 0.3) is 0 Å². The van der Waals surface area contributed by atoms with Crippen molar-refractivity contribution < 1.29 is 9.53 Å². The molecule has 0 aliphatic heterocycles. The summed E-state index contributed by atoms with van der Waals surface area (Å²) >= 11 is 1.59. The van der Waals surface area contributed by atoms with Crippen molar-refractivity contribution in [1.82, 2.24) is 4.98 Å². The summed E-state index contributed by atoms with van der Waals surface area (Å²) in [5, 5.41) is 3.52. The van der Waals surface area contributed by atoms with E-state index in [0.717, 1.165) is 18.5 Å². The number of benzene rings is 1. The number of aryl methyl sites for hydroxylation is 3. The first kappa shape index (κ1) is 14.1. The fourth-order valence-corrected chi connectivity index (χ4v) is 3.41. The summed E-state index contributed by atoms with van der Waals surface area (Å²) in [6.07, 6.45) is 4.53. The maximum Gasteiger partial charge on any atom is 0.264 e. The molecule has 2 aromatic rings. The van der Waals surface area contributed by atoms with Gasteiger partial charge in [-0.05, 0) is 44.7 Å². The molecule has 110 valence electrons. The van der Waals surface area contributed by atoms with E-state index in [4.69, 9.17) is 4.74 Å². The minimum absolute atomic E-state index is 0.00725. The first-order valence-electron chi connectivity index (χ1n) is 7.18. The van der Waals surface area contributed by atoms with Crippen molar-refractivity contribution in [3.05, 3.63) is 40.4 Å². The van der Waals surface area contributed by atoms with Gasteiger partial charge in [0.25, 0.3) is 5.91 Å². The SMILES string of the molecule is Cc1ccc(OCC(=O)Nc2nc3c(s2)CCCC3)cc1. The third kappa shape index (κ3) is 3.61. The quantitative estimate of drug-likeness (QED) is 0.942. The lowest BCUT2D eigenvalue weighted by Gasteiger charge is -2.06. The number of nitrogens with one attached hydrogen (secondary N) is 1. The molecule has 1 amide bonds. The normalized spacial score (nSPS) is 13.6. The lowest BCUT2D eigenvalue weighted by molar-refractivity contribution is -0.118. The van der Waals surface area contributed by atoms with Crippen molar-refractivity contribution in [1.29, 1.82) is 0 Å². The molecule has 1 heterocycles. The molecule has 0 fully saturated rings. The minimum atomic E-state index is -0.165. The predicted molar refractivity (Wildman–Crippen MR) is 84.1 cm³/mol. The van der Waals surface area contributed by atoms with Crippen LogP contribution in [-0.2, 0) is 17.6 Å². The van der Waals surface area contributed by atoms with E-state index in [2.05, 4.69) is 10.3 Å². The number of anilines is 1. The maximum absolute atomic E-state index is 11.9. The summed E-state index contributed by atoms with van der Waals surface area (Å²) in [6.45, 7) is 2.02. The topological polar surface area (TPSA) is 51.2 Å². The van der Waals surface area contributed by atoms with Crippen LogP contribution >= 0.6 is 11.3 Å². The molecule has 1 N–H and O–H groups in total. The van der Waals surface area contributed by atoms with Crippen LogP contribution in [0.1, 0.15) is 29.0 Å². The van der Waals surface area contributed by atoms with Crippen molar-refractivity contribution in [2.75, 3.05) is 11.9 Å². The van der Waals surface area contributed by atoms with Crippen molar-refractivity contribution in [2.45, 2.75) is 32.6 Å². The first-order valence-corrected chi connectivity index (χ1v) is 8.00. The number of amides is 1. The Labute approximate surface area is 128 Å². The molecule has 3 rings (SSSR count). The number of rotatable bonds is 4. The molecular weight excluding hydrogens is 284 g/mol. The summed E-state index contributed by atoms with van der Waals surface area (Å²) in [4.78, 5) is 17.7. The van der Waals surface area contributed by atoms with Gasteiger partial charge in [0.05, 0.1) is 5.69 Å². The first-order chi connectivity index (χ1) is 10.2. The van der Waals surface area contributed by atoms with Gasteiger partial charge in [-0.25, -0.2) is 4.98 Å². The van der Waals surface area contributed by atoms with Gasteiger partial charge in [0.15, 0.2) is 11.7 Å². The van der Waals surface area contributed by atoms with Gasteiger partial charge in [-0.15, -0.1) is 11.3 Å². The Kier molecular flexibility index (Phi) is 4.20. The second-order valence-electron chi connectivity index (χ2n) is 5.25. The van der Waals surface area contributed by atoms with Gasteiger partial charge < -0.3 is 4.74 Å². The summed E-state index contributed by atoms with van der Waals surface area (Å²) in [7, 11) is 0. The predicted octanol–water partition coefficient (Wildman–Crippen LogP) is 3.35. The minimum Gasteiger partial charge on any atom is -0.484 e. The Balaban J connectivity index is 1.54. The van der Waals surface area contributed by atoms with Crippen molar-refractivity contribution >= 4 is 22.4 Å². The molecule has 21 heavy (non-hydrogen) atoms.